The molecule has 0 saturated heterocycles. The fourth-order valence-electron chi connectivity index (χ4n) is 2.89. The minimum atomic E-state index is -1.13. The Bertz CT molecular complexity index is 856. The number of carboxylic acids is 1. The van der Waals surface area contributed by atoms with Crippen LogP contribution in [0, 0.1) is 0 Å². The van der Waals surface area contributed by atoms with Gasteiger partial charge in [-0.25, -0.2) is 0 Å². The van der Waals surface area contributed by atoms with Gasteiger partial charge < -0.3 is 9.90 Å². The molecule has 21 heavy (non-hydrogen) atoms. The van der Waals surface area contributed by atoms with Crippen LogP contribution >= 0.6 is 0 Å². The molecule has 1 fully saturated rings. The fraction of sp³-hybridized carbons (Fsp3) is 0.176. The minimum absolute atomic E-state index is 0. The van der Waals surface area contributed by atoms with Crippen molar-refractivity contribution in [1.29, 1.82) is 0 Å². The van der Waals surface area contributed by atoms with Gasteiger partial charge in [-0.15, -0.1) is 0 Å². The molecule has 4 heteroatoms. The number of fused-ring (bicyclic) bond motifs is 3. The molecule has 0 aliphatic heterocycles. The number of aromatic nitrogens is 1. The third-order valence-corrected chi connectivity index (χ3v) is 4.04. The molecule has 1 saturated carbocycles. The third kappa shape index (κ3) is 2.46. The van der Waals surface area contributed by atoms with E-state index < -0.39 is 5.97 Å². The van der Waals surface area contributed by atoms with Crippen molar-refractivity contribution in [2.24, 2.45) is 0 Å². The first-order valence-electron chi connectivity index (χ1n) is 6.76. The summed E-state index contributed by atoms with van der Waals surface area (Å²) >= 11 is 0. The van der Waals surface area contributed by atoms with Crippen LogP contribution in [0.4, 0.5) is 0 Å². The van der Waals surface area contributed by atoms with Crippen LogP contribution in [0.1, 0.15) is 34.7 Å². The second kappa shape index (κ2) is 5.41. The van der Waals surface area contributed by atoms with Crippen molar-refractivity contribution >= 4 is 27.5 Å². The average molecular weight is 285 g/mol. The van der Waals surface area contributed by atoms with E-state index in [1.54, 1.807) is 12.1 Å². The fourth-order valence-corrected chi connectivity index (χ4v) is 2.89. The van der Waals surface area contributed by atoms with E-state index in [1.807, 2.05) is 18.5 Å². The Labute approximate surface area is 144 Å². The molecule has 0 N–H and O–H groups in total. The van der Waals surface area contributed by atoms with Crippen molar-refractivity contribution in [3.63, 3.8) is 0 Å². The second-order valence-corrected chi connectivity index (χ2v) is 5.38. The summed E-state index contributed by atoms with van der Waals surface area (Å²) in [5.74, 6) is -0.526. The first-order chi connectivity index (χ1) is 9.74. The van der Waals surface area contributed by atoms with E-state index in [-0.39, 0.29) is 35.1 Å². The summed E-state index contributed by atoms with van der Waals surface area (Å²) in [6.07, 6.45) is 6.10. The summed E-state index contributed by atoms with van der Waals surface area (Å²) in [7, 11) is 0. The maximum absolute atomic E-state index is 11.0. The van der Waals surface area contributed by atoms with Crippen molar-refractivity contribution < 1.29 is 39.5 Å². The molecular weight excluding hydrogens is 273 g/mol. The van der Waals surface area contributed by atoms with Gasteiger partial charge in [0.15, 0.2) is 0 Å². The van der Waals surface area contributed by atoms with E-state index in [9.17, 15) is 9.90 Å². The van der Waals surface area contributed by atoms with E-state index in [2.05, 4.69) is 17.1 Å². The Kier molecular flexibility index (Phi) is 3.74. The van der Waals surface area contributed by atoms with Crippen molar-refractivity contribution in [1.82, 2.24) is 4.98 Å². The number of nitrogens with zero attached hydrogens (tertiary/aromatic N) is 1. The quantitative estimate of drug-likeness (QED) is 0.477. The van der Waals surface area contributed by atoms with Gasteiger partial charge >= 0.3 is 29.6 Å². The Morgan fingerprint density at radius 1 is 1.10 bits per heavy atom. The van der Waals surface area contributed by atoms with Crippen LogP contribution in [-0.4, -0.2) is 11.0 Å². The molecule has 0 radical (unpaired) electrons. The van der Waals surface area contributed by atoms with Crippen LogP contribution in [0.15, 0.2) is 42.7 Å². The van der Waals surface area contributed by atoms with Gasteiger partial charge in [0.25, 0.3) is 0 Å². The van der Waals surface area contributed by atoms with Gasteiger partial charge in [-0.05, 0) is 58.2 Å². The summed E-state index contributed by atoms with van der Waals surface area (Å²) in [6, 6.07) is 9.32. The molecule has 4 rings (SSSR count). The third-order valence-electron chi connectivity index (χ3n) is 4.04. The van der Waals surface area contributed by atoms with Gasteiger partial charge in [-0.3, -0.25) is 4.98 Å². The molecular formula is C17H12NNaO2. The number of carbonyl (C=O) groups is 1. The topological polar surface area (TPSA) is 53.0 Å². The number of hydrogen-bond acceptors (Lipinski definition) is 3. The summed E-state index contributed by atoms with van der Waals surface area (Å²) in [5.41, 5.74) is 1.54. The molecule has 3 aromatic rings. The molecule has 0 bridgehead atoms. The first kappa shape index (κ1) is 14.5. The van der Waals surface area contributed by atoms with E-state index in [0.717, 1.165) is 16.2 Å². The number of benzene rings is 2. The van der Waals surface area contributed by atoms with E-state index in [1.165, 1.54) is 23.8 Å². The Morgan fingerprint density at radius 3 is 2.62 bits per heavy atom. The van der Waals surface area contributed by atoms with Crippen LogP contribution in [0.25, 0.3) is 21.5 Å². The molecule has 0 atom stereocenters. The number of hydrogen-bond donors (Lipinski definition) is 0. The van der Waals surface area contributed by atoms with Crippen LogP contribution < -0.4 is 34.7 Å². The molecule has 1 heterocycles. The zero-order valence-corrected chi connectivity index (χ0v) is 13.8. The van der Waals surface area contributed by atoms with Crippen LogP contribution in [0.2, 0.25) is 0 Å². The number of pyridine rings is 1. The maximum atomic E-state index is 11.0. The molecule has 0 unspecified atom stereocenters. The van der Waals surface area contributed by atoms with Gasteiger partial charge in [-0.1, -0.05) is 18.2 Å². The van der Waals surface area contributed by atoms with Crippen molar-refractivity contribution in [2.45, 2.75) is 18.8 Å². The van der Waals surface area contributed by atoms with E-state index in [0.29, 0.717) is 5.92 Å². The molecule has 1 aliphatic rings. The van der Waals surface area contributed by atoms with E-state index >= 15 is 0 Å². The van der Waals surface area contributed by atoms with Gasteiger partial charge in [0, 0.05) is 17.8 Å². The molecule has 2 aromatic carbocycles. The monoisotopic (exact) mass is 285 g/mol. The van der Waals surface area contributed by atoms with Crippen LogP contribution in [0.5, 0.6) is 0 Å². The summed E-state index contributed by atoms with van der Waals surface area (Å²) in [4.78, 5) is 15.2. The average Bonchev–Trinajstić information content (AvgIpc) is 3.30. The van der Waals surface area contributed by atoms with Crippen LogP contribution in [0.3, 0.4) is 0 Å². The zero-order valence-electron chi connectivity index (χ0n) is 11.8. The normalized spacial score (nSPS) is 14.1. The molecule has 0 spiro atoms. The van der Waals surface area contributed by atoms with Crippen molar-refractivity contribution in [3.05, 3.63) is 53.9 Å². The van der Waals surface area contributed by atoms with Gasteiger partial charge in [0.1, 0.15) is 0 Å². The smallest absolute Gasteiger partial charge is 0.545 e. The first-order valence-corrected chi connectivity index (χ1v) is 6.76. The number of rotatable bonds is 2. The molecule has 0 amide bonds. The Morgan fingerprint density at radius 2 is 1.90 bits per heavy atom. The van der Waals surface area contributed by atoms with Crippen molar-refractivity contribution in [2.75, 3.05) is 0 Å². The standard InChI is InChI=1S/C17H13NO2.Na/c19-17(20)11-3-4-13-12(7-11)8-15(10-1-2-10)14-5-6-18-9-16(13)14;/h3-10H,1-2H2,(H,19,20);/q;+1/p-1. The predicted octanol–water partition coefficient (Wildman–Crippen LogP) is -0.367. The predicted molar refractivity (Wildman–Crippen MR) is 75.6 cm³/mol. The number of aromatic carboxylic acids is 1. The van der Waals surface area contributed by atoms with Gasteiger partial charge in [0.05, 0.1) is 5.97 Å². The summed E-state index contributed by atoms with van der Waals surface area (Å²) in [5, 5.41) is 15.3. The van der Waals surface area contributed by atoms with Crippen LogP contribution in [-0.2, 0) is 0 Å². The molecule has 3 nitrogen and oxygen atoms in total. The largest absolute Gasteiger partial charge is 1.00 e. The summed E-state index contributed by atoms with van der Waals surface area (Å²) in [6.45, 7) is 0. The summed E-state index contributed by atoms with van der Waals surface area (Å²) < 4.78 is 0. The molecule has 98 valence electrons. The van der Waals surface area contributed by atoms with E-state index in [4.69, 9.17) is 0 Å². The second-order valence-electron chi connectivity index (χ2n) is 5.38. The SMILES string of the molecule is O=C([O-])c1ccc2c(c1)cc(C1CC1)c1ccncc12.[Na+]. The van der Waals surface area contributed by atoms with Gasteiger partial charge in [0.2, 0.25) is 0 Å². The van der Waals surface area contributed by atoms with Crippen molar-refractivity contribution in [3.8, 4) is 0 Å². The molecule has 1 aromatic heterocycles. The number of carboxylic acid groups (broad SMARTS) is 1. The zero-order chi connectivity index (χ0) is 13.7. The Hall–Kier alpha value is -1.42. The minimum Gasteiger partial charge on any atom is -0.545 e. The van der Waals surface area contributed by atoms with Gasteiger partial charge in [-0.2, -0.15) is 0 Å². The Balaban J connectivity index is 0.00000132. The maximum Gasteiger partial charge on any atom is 1.00 e. The number of carbonyl (C=O) groups excluding carboxylic acids is 1. The molecule has 1 aliphatic carbocycles.